The molecule has 1 N–H and O–H groups in total. The highest BCUT2D eigenvalue weighted by atomic mass is 16.3. The molecule has 164 valence electrons. The Morgan fingerprint density at radius 2 is 1.52 bits per heavy atom. The van der Waals surface area contributed by atoms with Crippen molar-refractivity contribution in [3.05, 3.63) is 11.6 Å². The van der Waals surface area contributed by atoms with Gasteiger partial charge in [-0.25, -0.2) is 0 Å². The van der Waals surface area contributed by atoms with E-state index >= 15 is 0 Å². The zero-order valence-electron chi connectivity index (χ0n) is 20.1. The molecule has 0 bridgehead atoms. The smallest absolute Gasteiger partial charge is 0.0577 e. The van der Waals surface area contributed by atoms with Crippen molar-refractivity contribution in [3.8, 4) is 0 Å². The van der Waals surface area contributed by atoms with Gasteiger partial charge in [-0.1, -0.05) is 53.2 Å². The molecule has 0 aromatic rings. The molecule has 5 aliphatic carbocycles. The number of hydrogen-bond donors (Lipinski definition) is 1. The van der Waals surface area contributed by atoms with Crippen LogP contribution in [0.5, 0.6) is 0 Å². The second kappa shape index (κ2) is 6.14. The number of allylic oxidation sites excluding steroid dienone is 1. The lowest BCUT2D eigenvalue weighted by atomic mass is 9.34. The monoisotopic (exact) mass is 398 g/mol. The molecule has 0 amide bonds. The second-order valence-corrected chi connectivity index (χ2v) is 13.9. The van der Waals surface area contributed by atoms with Gasteiger partial charge in [0.2, 0.25) is 0 Å². The molecule has 4 fully saturated rings. The van der Waals surface area contributed by atoms with Crippen LogP contribution in [0.15, 0.2) is 11.6 Å². The highest BCUT2D eigenvalue weighted by Gasteiger charge is 2.66. The molecule has 1 nitrogen and oxygen atoms in total. The van der Waals surface area contributed by atoms with Crippen molar-refractivity contribution in [2.75, 3.05) is 0 Å². The van der Waals surface area contributed by atoms with Gasteiger partial charge in [-0.05, 0) is 115 Å². The Morgan fingerprint density at radius 3 is 2.28 bits per heavy atom. The maximum absolute atomic E-state index is 10.3. The number of aliphatic hydroxyl groups excluding tert-OH is 1. The summed E-state index contributed by atoms with van der Waals surface area (Å²) < 4.78 is 0. The summed E-state index contributed by atoms with van der Waals surface area (Å²) in [6, 6.07) is 0. The van der Waals surface area contributed by atoms with Gasteiger partial charge in [-0.15, -0.1) is 0 Å². The Bertz CT molecular complexity index is 720. The molecule has 8 atom stereocenters. The molecule has 0 aromatic heterocycles. The van der Waals surface area contributed by atoms with Gasteiger partial charge in [0, 0.05) is 0 Å². The minimum Gasteiger partial charge on any atom is -0.393 e. The molecule has 5 rings (SSSR count). The predicted octanol–water partition coefficient (Wildman–Crippen LogP) is 7.53. The topological polar surface area (TPSA) is 20.2 Å². The summed E-state index contributed by atoms with van der Waals surface area (Å²) in [5.41, 5.74) is 3.99. The largest absolute Gasteiger partial charge is 0.393 e. The van der Waals surface area contributed by atoms with Crippen LogP contribution in [0.25, 0.3) is 0 Å². The normalized spacial score (nSPS) is 56.3. The fraction of sp³-hybridized carbons (Fsp3) is 0.929. The fourth-order valence-corrected chi connectivity index (χ4v) is 9.82. The Morgan fingerprint density at radius 1 is 0.793 bits per heavy atom. The van der Waals surface area contributed by atoms with Gasteiger partial charge in [0.05, 0.1) is 6.10 Å². The highest BCUT2D eigenvalue weighted by molar-refractivity contribution is 5.28. The second-order valence-electron chi connectivity index (χ2n) is 13.9. The number of rotatable bonds is 0. The van der Waals surface area contributed by atoms with Gasteiger partial charge in [0.1, 0.15) is 0 Å². The Kier molecular flexibility index (Phi) is 4.36. The summed E-state index contributed by atoms with van der Waals surface area (Å²) in [6.45, 7) is 15.7. The number of hydrogen-bond acceptors (Lipinski definition) is 1. The van der Waals surface area contributed by atoms with Gasteiger partial charge < -0.3 is 5.11 Å². The molecule has 0 aliphatic heterocycles. The molecule has 4 saturated carbocycles. The molecule has 0 aromatic carbocycles. The third-order valence-electron chi connectivity index (χ3n) is 12.1. The third kappa shape index (κ3) is 2.68. The first kappa shape index (κ1) is 20.6. The van der Waals surface area contributed by atoms with Crippen molar-refractivity contribution in [2.45, 2.75) is 118 Å². The first-order valence-electron chi connectivity index (χ1n) is 12.8. The fourth-order valence-electron chi connectivity index (χ4n) is 9.82. The van der Waals surface area contributed by atoms with Crippen LogP contribution in [-0.2, 0) is 0 Å². The van der Waals surface area contributed by atoms with Crippen molar-refractivity contribution in [2.24, 2.45) is 44.8 Å². The Balaban J connectivity index is 1.54. The number of aliphatic hydroxyl groups is 1. The summed E-state index contributed by atoms with van der Waals surface area (Å²) >= 11 is 0. The van der Waals surface area contributed by atoms with Crippen LogP contribution in [0, 0.1) is 44.8 Å². The molecule has 29 heavy (non-hydrogen) atoms. The van der Waals surface area contributed by atoms with Gasteiger partial charge in [0.15, 0.2) is 0 Å². The van der Waals surface area contributed by atoms with E-state index in [-0.39, 0.29) is 6.10 Å². The van der Waals surface area contributed by atoms with Gasteiger partial charge in [-0.3, -0.25) is 0 Å². The molecular weight excluding hydrogens is 352 g/mol. The zero-order valence-corrected chi connectivity index (χ0v) is 20.1. The standard InChI is InChI=1S/C28H46O/c1-24(2)13-14-25(3)15-16-27(5)21(22(25)18-24)7-8-23-26(4)11-10-20(29)17-19(26)9-12-28(23,27)6/h9,20-23,29H,7-8,10-18H2,1-6H3/t20-,21-,22-,23-,25-,26+,27-,28-/m1/s1. The summed E-state index contributed by atoms with van der Waals surface area (Å²) in [7, 11) is 0. The lowest BCUT2D eigenvalue weighted by Crippen LogP contribution is -2.63. The maximum atomic E-state index is 10.3. The zero-order chi connectivity index (χ0) is 20.9. The van der Waals surface area contributed by atoms with E-state index in [0.29, 0.717) is 27.1 Å². The highest BCUT2D eigenvalue weighted by Crippen LogP contribution is 2.74. The van der Waals surface area contributed by atoms with Gasteiger partial charge in [-0.2, -0.15) is 0 Å². The van der Waals surface area contributed by atoms with E-state index in [1.807, 2.05) is 0 Å². The molecular formula is C28H46O. The van der Waals surface area contributed by atoms with Crippen LogP contribution in [0.2, 0.25) is 0 Å². The van der Waals surface area contributed by atoms with E-state index in [0.717, 1.165) is 30.6 Å². The molecule has 0 unspecified atom stereocenters. The lowest BCUT2D eigenvalue weighted by molar-refractivity contribution is -0.203. The van der Waals surface area contributed by atoms with E-state index in [4.69, 9.17) is 0 Å². The number of fused-ring (bicyclic) bond motifs is 7. The average Bonchev–Trinajstić information content (AvgIpc) is 2.65. The first-order valence-corrected chi connectivity index (χ1v) is 12.8. The Hall–Kier alpha value is -0.300. The van der Waals surface area contributed by atoms with Crippen LogP contribution in [0.3, 0.4) is 0 Å². The average molecular weight is 399 g/mol. The van der Waals surface area contributed by atoms with Crippen LogP contribution in [0.1, 0.15) is 112 Å². The van der Waals surface area contributed by atoms with Crippen LogP contribution < -0.4 is 0 Å². The lowest BCUT2D eigenvalue weighted by Gasteiger charge is -2.71. The van der Waals surface area contributed by atoms with E-state index < -0.39 is 0 Å². The van der Waals surface area contributed by atoms with E-state index in [1.54, 1.807) is 5.57 Å². The summed E-state index contributed by atoms with van der Waals surface area (Å²) in [6.07, 6.45) is 17.1. The van der Waals surface area contributed by atoms with E-state index in [9.17, 15) is 5.11 Å². The van der Waals surface area contributed by atoms with E-state index in [1.165, 1.54) is 57.8 Å². The minimum atomic E-state index is -0.0922. The molecule has 0 saturated heterocycles. The molecule has 0 heterocycles. The third-order valence-corrected chi connectivity index (χ3v) is 12.1. The minimum absolute atomic E-state index is 0.0922. The Labute approximate surface area is 180 Å². The molecule has 0 radical (unpaired) electrons. The quantitative estimate of drug-likeness (QED) is 0.418. The summed E-state index contributed by atoms with van der Waals surface area (Å²) in [5, 5.41) is 10.3. The SMILES string of the molecule is CC1(C)CC[C@]2(C)CC[C@]3(C)[C@H](CC[C@@H]4[C@@]5(C)CC[C@@H](O)CC5=CC[C@]43C)[C@H]2C1. The van der Waals surface area contributed by atoms with Crippen molar-refractivity contribution >= 4 is 0 Å². The predicted molar refractivity (Wildman–Crippen MR) is 122 cm³/mol. The summed E-state index contributed by atoms with van der Waals surface area (Å²) in [4.78, 5) is 0. The van der Waals surface area contributed by atoms with Crippen molar-refractivity contribution in [1.82, 2.24) is 0 Å². The van der Waals surface area contributed by atoms with Crippen LogP contribution in [0.4, 0.5) is 0 Å². The van der Waals surface area contributed by atoms with E-state index in [2.05, 4.69) is 47.6 Å². The molecule has 5 aliphatic rings. The maximum Gasteiger partial charge on any atom is 0.0577 e. The van der Waals surface area contributed by atoms with Gasteiger partial charge >= 0.3 is 0 Å². The van der Waals surface area contributed by atoms with Crippen molar-refractivity contribution in [3.63, 3.8) is 0 Å². The first-order chi connectivity index (χ1) is 13.4. The summed E-state index contributed by atoms with van der Waals surface area (Å²) in [5.74, 6) is 2.65. The van der Waals surface area contributed by atoms with Crippen molar-refractivity contribution < 1.29 is 5.11 Å². The van der Waals surface area contributed by atoms with Crippen LogP contribution in [-0.4, -0.2) is 11.2 Å². The van der Waals surface area contributed by atoms with Crippen molar-refractivity contribution in [1.29, 1.82) is 0 Å². The molecule has 1 heteroatoms. The van der Waals surface area contributed by atoms with Crippen LogP contribution >= 0.6 is 0 Å². The van der Waals surface area contributed by atoms with Gasteiger partial charge in [0.25, 0.3) is 0 Å². The molecule has 0 spiro atoms.